The Balaban J connectivity index is 2.12. The second kappa shape index (κ2) is 6.11. The van der Waals surface area contributed by atoms with E-state index in [1.807, 2.05) is 30.4 Å². The summed E-state index contributed by atoms with van der Waals surface area (Å²) in [5.74, 6) is 3.79. The lowest BCUT2D eigenvalue weighted by Gasteiger charge is -2.27. The highest BCUT2D eigenvalue weighted by Gasteiger charge is 2.30. The van der Waals surface area contributed by atoms with Gasteiger partial charge in [0.25, 0.3) is 0 Å². The summed E-state index contributed by atoms with van der Waals surface area (Å²) in [5.41, 5.74) is 5.90. The molecule has 2 heterocycles. The summed E-state index contributed by atoms with van der Waals surface area (Å²) in [6, 6.07) is -0.127. The largest absolute Gasteiger partial charge is 0.338 e. The molecule has 0 saturated carbocycles. The lowest BCUT2D eigenvalue weighted by atomic mass is 10.2. The topological polar surface area (TPSA) is 64.9 Å². The second-order valence-electron chi connectivity index (χ2n) is 4.11. The Morgan fingerprint density at radius 2 is 2.18 bits per heavy atom. The highest BCUT2D eigenvalue weighted by Crippen LogP contribution is 2.42. The fourth-order valence-electron chi connectivity index (χ4n) is 1.83. The van der Waals surface area contributed by atoms with Crippen molar-refractivity contribution in [3.05, 3.63) is 11.7 Å². The molecule has 0 aliphatic carbocycles. The summed E-state index contributed by atoms with van der Waals surface area (Å²) in [7, 11) is 0. The molecule has 0 spiro atoms. The maximum atomic E-state index is 5.90. The number of nitrogens with two attached hydrogens (primary N) is 1. The maximum absolute atomic E-state index is 5.90. The highest BCUT2D eigenvalue weighted by atomic mass is 32.2. The first-order valence-corrected chi connectivity index (χ1v) is 8.18. The monoisotopic (exact) mass is 273 g/mol. The third kappa shape index (κ3) is 2.98. The van der Waals surface area contributed by atoms with Gasteiger partial charge < -0.3 is 10.3 Å². The minimum atomic E-state index is -0.127. The van der Waals surface area contributed by atoms with Gasteiger partial charge >= 0.3 is 0 Å². The van der Waals surface area contributed by atoms with Crippen LogP contribution in [-0.2, 0) is 0 Å². The molecule has 3 atom stereocenters. The predicted molar refractivity (Wildman–Crippen MR) is 73.3 cm³/mol. The smallest absolute Gasteiger partial charge is 0.243 e. The average molecular weight is 273 g/mol. The maximum Gasteiger partial charge on any atom is 0.243 e. The molecule has 0 radical (unpaired) electrons. The van der Waals surface area contributed by atoms with Gasteiger partial charge in [-0.15, -0.1) is 11.8 Å². The van der Waals surface area contributed by atoms with Gasteiger partial charge in [-0.2, -0.15) is 16.7 Å². The van der Waals surface area contributed by atoms with Gasteiger partial charge in [-0.3, -0.25) is 0 Å². The van der Waals surface area contributed by atoms with Crippen LogP contribution in [0.3, 0.4) is 0 Å². The molecule has 17 heavy (non-hydrogen) atoms. The van der Waals surface area contributed by atoms with Crippen LogP contribution in [0.4, 0.5) is 0 Å². The van der Waals surface area contributed by atoms with Crippen molar-refractivity contribution in [2.45, 2.75) is 43.2 Å². The second-order valence-corrected chi connectivity index (χ2v) is 6.71. The Labute approximate surface area is 110 Å². The summed E-state index contributed by atoms with van der Waals surface area (Å²) in [4.78, 5) is 4.47. The van der Waals surface area contributed by atoms with E-state index in [1.54, 1.807) is 0 Å². The third-order valence-electron chi connectivity index (χ3n) is 2.92. The first-order chi connectivity index (χ1) is 8.26. The van der Waals surface area contributed by atoms with Crippen molar-refractivity contribution in [2.75, 3.05) is 11.5 Å². The van der Waals surface area contributed by atoms with E-state index in [1.165, 1.54) is 5.75 Å². The van der Waals surface area contributed by atoms with Crippen molar-refractivity contribution in [2.24, 2.45) is 5.73 Å². The van der Waals surface area contributed by atoms with Crippen LogP contribution in [0.2, 0.25) is 0 Å². The van der Waals surface area contributed by atoms with Crippen LogP contribution in [0.5, 0.6) is 0 Å². The van der Waals surface area contributed by atoms with E-state index < -0.39 is 0 Å². The van der Waals surface area contributed by atoms with E-state index in [2.05, 4.69) is 17.1 Å². The first kappa shape index (κ1) is 13.2. The van der Waals surface area contributed by atoms with Crippen molar-refractivity contribution in [1.82, 2.24) is 10.1 Å². The number of aromatic nitrogens is 2. The normalized spacial score (nSPS) is 27.0. The molecule has 6 heteroatoms. The Morgan fingerprint density at radius 1 is 1.41 bits per heavy atom. The molecule has 96 valence electrons. The van der Waals surface area contributed by atoms with E-state index in [4.69, 9.17) is 10.3 Å². The van der Waals surface area contributed by atoms with Crippen molar-refractivity contribution >= 4 is 23.5 Å². The third-order valence-corrected chi connectivity index (χ3v) is 6.16. The molecule has 1 fully saturated rings. The summed E-state index contributed by atoms with van der Waals surface area (Å²) in [5, 5.41) is 5.06. The molecule has 0 aromatic carbocycles. The zero-order chi connectivity index (χ0) is 12.3. The summed E-state index contributed by atoms with van der Waals surface area (Å²) >= 11 is 3.95. The zero-order valence-corrected chi connectivity index (χ0v) is 11.9. The van der Waals surface area contributed by atoms with Crippen LogP contribution in [0.1, 0.15) is 49.7 Å². The van der Waals surface area contributed by atoms with Crippen LogP contribution < -0.4 is 5.73 Å². The van der Waals surface area contributed by atoms with Crippen LogP contribution in [0.25, 0.3) is 0 Å². The number of nitrogens with zero attached hydrogens (tertiary/aromatic N) is 2. The molecule has 1 aliphatic rings. The Kier molecular flexibility index (Phi) is 4.76. The van der Waals surface area contributed by atoms with E-state index in [0.29, 0.717) is 16.4 Å². The van der Waals surface area contributed by atoms with Gasteiger partial charge in [0.1, 0.15) is 0 Å². The average Bonchev–Trinajstić information content (AvgIpc) is 2.87. The molecule has 2 N–H and O–H groups in total. The van der Waals surface area contributed by atoms with Gasteiger partial charge in [-0.1, -0.05) is 19.0 Å². The first-order valence-electron chi connectivity index (χ1n) is 6.08. The van der Waals surface area contributed by atoms with Gasteiger partial charge in [-0.25, -0.2) is 0 Å². The molecule has 1 aliphatic heterocycles. The minimum Gasteiger partial charge on any atom is -0.338 e. The number of hydrogen-bond donors (Lipinski definition) is 1. The Bertz CT molecular complexity index is 358. The fraction of sp³-hybridized carbons (Fsp3) is 0.818. The van der Waals surface area contributed by atoms with Crippen molar-refractivity contribution in [3.63, 3.8) is 0 Å². The van der Waals surface area contributed by atoms with Crippen LogP contribution in [-0.4, -0.2) is 26.9 Å². The highest BCUT2D eigenvalue weighted by molar-refractivity contribution is 8.06. The molecule has 2 unspecified atom stereocenters. The standard InChI is InChI=1S/C11H19N3OS2/c1-3-7(12)11-13-10(14-15-11)9-8(4-2)16-5-6-17-9/h7-9H,3-6,12H2,1-2H3/t7-,8?,9?/m0/s1. The predicted octanol–water partition coefficient (Wildman–Crippen LogP) is 2.78. The Morgan fingerprint density at radius 3 is 2.88 bits per heavy atom. The van der Waals surface area contributed by atoms with E-state index >= 15 is 0 Å². The van der Waals surface area contributed by atoms with Gasteiger partial charge in [-0.05, 0) is 12.8 Å². The molecule has 1 aromatic heterocycles. The quantitative estimate of drug-likeness (QED) is 0.910. The van der Waals surface area contributed by atoms with E-state index in [0.717, 1.165) is 24.4 Å². The number of rotatable bonds is 4. The molecule has 1 saturated heterocycles. The van der Waals surface area contributed by atoms with Gasteiger partial charge in [0.05, 0.1) is 11.3 Å². The van der Waals surface area contributed by atoms with Crippen molar-refractivity contribution in [1.29, 1.82) is 0 Å². The fourth-order valence-corrected chi connectivity index (χ4v) is 4.81. The molecule has 4 nitrogen and oxygen atoms in total. The summed E-state index contributed by atoms with van der Waals surface area (Å²) in [6.07, 6.45) is 1.97. The molecule has 0 amide bonds. The zero-order valence-electron chi connectivity index (χ0n) is 10.3. The molecular formula is C11H19N3OS2. The lowest BCUT2D eigenvalue weighted by Crippen LogP contribution is -2.19. The van der Waals surface area contributed by atoms with Crippen LogP contribution >= 0.6 is 23.5 Å². The van der Waals surface area contributed by atoms with Crippen LogP contribution in [0.15, 0.2) is 4.52 Å². The lowest BCUT2D eigenvalue weighted by molar-refractivity contribution is 0.348. The number of thioether (sulfide) groups is 2. The van der Waals surface area contributed by atoms with Gasteiger partial charge in [0, 0.05) is 16.8 Å². The van der Waals surface area contributed by atoms with Gasteiger partial charge in [0.15, 0.2) is 5.82 Å². The SMILES string of the molecule is CCC1SCCSC1c1noc([C@@H](N)CC)n1. The van der Waals surface area contributed by atoms with E-state index in [9.17, 15) is 0 Å². The van der Waals surface area contributed by atoms with Crippen LogP contribution in [0, 0.1) is 0 Å². The van der Waals surface area contributed by atoms with Gasteiger partial charge in [0.2, 0.25) is 5.89 Å². The molecule has 0 bridgehead atoms. The van der Waals surface area contributed by atoms with E-state index in [-0.39, 0.29) is 6.04 Å². The molecular weight excluding hydrogens is 254 g/mol. The Hall–Kier alpha value is -0.200. The minimum absolute atomic E-state index is 0.127. The summed E-state index contributed by atoms with van der Waals surface area (Å²) in [6.45, 7) is 4.24. The van der Waals surface area contributed by atoms with Crippen molar-refractivity contribution in [3.8, 4) is 0 Å². The number of hydrogen-bond acceptors (Lipinski definition) is 6. The van der Waals surface area contributed by atoms with Crippen molar-refractivity contribution < 1.29 is 4.52 Å². The summed E-state index contributed by atoms with van der Waals surface area (Å²) < 4.78 is 5.25. The molecule has 1 aromatic rings. The molecule has 2 rings (SSSR count).